The predicted octanol–water partition coefficient (Wildman–Crippen LogP) is 5.55. The van der Waals surface area contributed by atoms with Gasteiger partial charge in [0.25, 0.3) is 11.7 Å². The lowest BCUT2D eigenvalue weighted by molar-refractivity contribution is -0.132. The number of amides is 1. The van der Waals surface area contributed by atoms with Gasteiger partial charge in [-0.25, -0.2) is 0 Å². The van der Waals surface area contributed by atoms with E-state index in [-0.39, 0.29) is 22.5 Å². The minimum absolute atomic E-state index is 0.0900. The molecule has 8 nitrogen and oxygen atoms in total. The van der Waals surface area contributed by atoms with Crippen molar-refractivity contribution in [2.45, 2.75) is 39.2 Å². The first kappa shape index (κ1) is 27.4. The number of rotatable bonds is 6. The van der Waals surface area contributed by atoms with Crippen molar-refractivity contribution < 1.29 is 33.7 Å². The maximum absolute atomic E-state index is 13.6. The summed E-state index contributed by atoms with van der Waals surface area (Å²) in [5, 5.41) is 11.6. The Balaban J connectivity index is 1.97. The molecule has 202 valence electrons. The van der Waals surface area contributed by atoms with Gasteiger partial charge in [0.05, 0.1) is 25.8 Å². The van der Waals surface area contributed by atoms with E-state index in [0.29, 0.717) is 28.3 Å². The first-order valence-corrected chi connectivity index (χ1v) is 12.4. The highest BCUT2D eigenvalue weighted by Gasteiger charge is 2.47. The standard InChI is InChI=1S/C31H31NO7/c1-18(33)39-23-12-7-9-19(15-23)27-26(28(34)20-13-14-25(38-6)24(16-20)31(2,3)4)29(35)30(36)32(27)21-10-8-11-22(17-21)37-5/h7-17,27,34H,1-6H3/b28-26+. The fourth-order valence-electron chi connectivity index (χ4n) is 4.69. The molecule has 39 heavy (non-hydrogen) atoms. The Morgan fingerprint density at radius 2 is 1.59 bits per heavy atom. The molecular formula is C31H31NO7. The van der Waals surface area contributed by atoms with Gasteiger partial charge in [-0.15, -0.1) is 0 Å². The number of benzene rings is 3. The molecule has 1 amide bonds. The largest absolute Gasteiger partial charge is 0.507 e. The molecule has 8 heteroatoms. The summed E-state index contributed by atoms with van der Waals surface area (Å²) in [5.74, 6) is -1.11. The van der Waals surface area contributed by atoms with Crippen LogP contribution in [0.2, 0.25) is 0 Å². The molecule has 3 aromatic carbocycles. The summed E-state index contributed by atoms with van der Waals surface area (Å²) in [6, 6.07) is 17.4. The van der Waals surface area contributed by atoms with E-state index in [0.717, 1.165) is 5.56 Å². The Bertz CT molecular complexity index is 1480. The number of anilines is 1. The Morgan fingerprint density at radius 3 is 2.23 bits per heavy atom. The van der Waals surface area contributed by atoms with Gasteiger partial charge in [-0.1, -0.05) is 39.0 Å². The summed E-state index contributed by atoms with van der Waals surface area (Å²) in [4.78, 5) is 40.0. The van der Waals surface area contributed by atoms with Crippen LogP contribution in [-0.4, -0.2) is 37.0 Å². The predicted molar refractivity (Wildman–Crippen MR) is 147 cm³/mol. The van der Waals surface area contributed by atoms with E-state index in [4.69, 9.17) is 14.2 Å². The van der Waals surface area contributed by atoms with Gasteiger partial charge in [-0.05, 0) is 53.4 Å². The molecule has 1 aliphatic heterocycles. The van der Waals surface area contributed by atoms with Gasteiger partial charge in [0, 0.05) is 29.8 Å². The van der Waals surface area contributed by atoms with Crippen molar-refractivity contribution >= 4 is 29.1 Å². The number of methoxy groups -OCH3 is 2. The molecule has 0 bridgehead atoms. The number of carbonyl (C=O) groups excluding carboxylic acids is 3. The van der Waals surface area contributed by atoms with Crippen molar-refractivity contribution in [3.05, 3.63) is 89.0 Å². The van der Waals surface area contributed by atoms with E-state index in [9.17, 15) is 19.5 Å². The van der Waals surface area contributed by atoms with Gasteiger partial charge in [0.15, 0.2) is 0 Å². The number of hydrogen-bond donors (Lipinski definition) is 1. The second-order valence-corrected chi connectivity index (χ2v) is 10.2. The minimum atomic E-state index is -1.01. The zero-order chi connectivity index (χ0) is 28.5. The van der Waals surface area contributed by atoms with Crippen molar-refractivity contribution in [1.82, 2.24) is 0 Å². The zero-order valence-electron chi connectivity index (χ0n) is 22.8. The maximum Gasteiger partial charge on any atom is 0.308 e. The molecule has 1 unspecified atom stereocenters. The Labute approximate surface area is 227 Å². The third-order valence-electron chi connectivity index (χ3n) is 6.49. The fraction of sp³-hybridized carbons (Fsp3) is 0.258. The highest BCUT2D eigenvalue weighted by Crippen LogP contribution is 2.44. The number of aliphatic hydroxyl groups excluding tert-OH is 1. The van der Waals surface area contributed by atoms with E-state index in [2.05, 4.69) is 0 Å². The van der Waals surface area contributed by atoms with Crippen LogP contribution in [0.25, 0.3) is 5.76 Å². The number of esters is 1. The van der Waals surface area contributed by atoms with Crippen molar-refractivity contribution in [3.63, 3.8) is 0 Å². The molecule has 4 rings (SSSR count). The molecule has 1 fully saturated rings. The third kappa shape index (κ3) is 5.36. The Morgan fingerprint density at radius 1 is 0.897 bits per heavy atom. The summed E-state index contributed by atoms with van der Waals surface area (Å²) in [5.41, 5.74) is 1.65. The van der Waals surface area contributed by atoms with Crippen molar-refractivity contribution in [3.8, 4) is 17.2 Å². The maximum atomic E-state index is 13.6. The van der Waals surface area contributed by atoms with E-state index in [1.54, 1.807) is 73.8 Å². The smallest absolute Gasteiger partial charge is 0.308 e. The lowest BCUT2D eigenvalue weighted by atomic mass is 9.84. The molecule has 0 radical (unpaired) electrons. The SMILES string of the molecule is COc1cccc(N2C(=O)C(=O)/C(=C(/O)c3ccc(OC)c(C(C)(C)C)c3)C2c2cccc(OC(C)=O)c2)c1. The average molecular weight is 530 g/mol. The topological polar surface area (TPSA) is 102 Å². The number of hydrogen-bond acceptors (Lipinski definition) is 7. The van der Waals surface area contributed by atoms with Gasteiger partial charge in [-0.2, -0.15) is 0 Å². The van der Waals surface area contributed by atoms with Crippen LogP contribution in [0.1, 0.15) is 50.4 Å². The number of ketones is 1. The number of ether oxygens (including phenoxy) is 3. The molecule has 1 heterocycles. The molecule has 1 atom stereocenters. The summed E-state index contributed by atoms with van der Waals surface area (Å²) >= 11 is 0. The normalized spacial score (nSPS) is 16.8. The first-order valence-electron chi connectivity index (χ1n) is 12.4. The summed E-state index contributed by atoms with van der Waals surface area (Å²) in [6.07, 6.45) is 0. The van der Waals surface area contributed by atoms with Crippen molar-refractivity contribution in [2.24, 2.45) is 0 Å². The lowest BCUT2D eigenvalue weighted by Gasteiger charge is -2.26. The van der Waals surface area contributed by atoms with Gasteiger partial charge in [-0.3, -0.25) is 19.3 Å². The van der Waals surface area contributed by atoms with Crippen molar-refractivity contribution in [1.29, 1.82) is 0 Å². The van der Waals surface area contributed by atoms with Crippen LogP contribution >= 0.6 is 0 Å². The molecule has 0 aliphatic carbocycles. The zero-order valence-corrected chi connectivity index (χ0v) is 22.8. The molecule has 1 N–H and O–H groups in total. The second-order valence-electron chi connectivity index (χ2n) is 10.2. The van der Waals surface area contributed by atoms with Crippen LogP contribution in [-0.2, 0) is 19.8 Å². The van der Waals surface area contributed by atoms with Crippen LogP contribution in [0.5, 0.6) is 17.2 Å². The van der Waals surface area contributed by atoms with E-state index < -0.39 is 23.7 Å². The van der Waals surface area contributed by atoms with Crippen LogP contribution in [0, 0.1) is 0 Å². The molecule has 0 aromatic heterocycles. The van der Waals surface area contributed by atoms with Crippen LogP contribution in [0.3, 0.4) is 0 Å². The molecule has 1 aliphatic rings. The monoisotopic (exact) mass is 529 g/mol. The van der Waals surface area contributed by atoms with Crippen LogP contribution in [0.4, 0.5) is 5.69 Å². The molecule has 3 aromatic rings. The summed E-state index contributed by atoms with van der Waals surface area (Å²) < 4.78 is 16.1. The minimum Gasteiger partial charge on any atom is -0.507 e. The lowest BCUT2D eigenvalue weighted by Crippen LogP contribution is -2.29. The van der Waals surface area contributed by atoms with Gasteiger partial charge in [0.1, 0.15) is 23.0 Å². The first-order chi connectivity index (χ1) is 18.5. The highest BCUT2D eigenvalue weighted by atomic mass is 16.5. The van der Waals surface area contributed by atoms with E-state index in [1.165, 1.54) is 18.9 Å². The fourth-order valence-corrected chi connectivity index (χ4v) is 4.69. The van der Waals surface area contributed by atoms with Crippen molar-refractivity contribution in [2.75, 3.05) is 19.1 Å². The number of carbonyl (C=O) groups is 3. The third-order valence-corrected chi connectivity index (χ3v) is 6.49. The number of aliphatic hydroxyl groups is 1. The van der Waals surface area contributed by atoms with Crippen LogP contribution in [0.15, 0.2) is 72.3 Å². The number of Topliss-reactive ketones (excluding diaryl/α,β-unsaturated/α-hetero) is 1. The van der Waals surface area contributed by atoms with Crippen LogP contribution < -0.4 is 19.1 Å². The quantitative estimate of drug-likeness (QED) is 0.147. The van der Waals surface area contributed by atoms with E-state index in [1.807, 2.05) is 20.8 Å². The van der Waals surface area contributed by atoms with Gasteiger partial charge < -0.3 is 19.3 Å². The molecule has 0 saturated carbocycles. The molecule has 0 spiro atoms. The van der Waals surface area contributed by atoms with Gasteiger partial charge >= 0.3 is 5.97 Å². The highest BCUT2D eigenvalue weighted by molar-refractivity contribution is 6.51. The van der Waals surface area contributed by atoms with Gasteiger partial charge in [0.2, 0.25) is 0 Å². The Kier molecular flexibility index (Phi) is 7.49. The number of nitrogens with zero attached hydrogens (tertiary/aromatic N) is 1. The molecular weight excluding hydrogens is 498 g/mol. The average Bonchev–Trinajstić information content (AvgIpc) is 3.17. The Hall–Kier alpha value is -4.59. The summed E-state index contributed by atoms with van der Waals surface area (Å²) in [6.45, 7) is 7.32. The van der Waals surface area contributed by atoms with E-state index >= 15 is 0 Å². The molecule has 1 saturated heterocycles. The summed E-state index contributed by atoms with van der Waals surface area (Å²) in [7, 11) is 3.07. The second kappa shape index (κ2) is 10.6.